The highest BCUT2D eigenvalue weighted by molar-refractivity contribution is 6.05. The minimum absolute atomic E-state index is 0.310. The van der Waals surface area contributed by atoms with Crippen molar-refractivity contribution in [1.29, 1.82) is 0 Å². The quantitative estimate of drug-likeness (QED) is 0.580. The monoisotopic (exact) mass is 198 g/mol. The standard InChI is InChI=1S/C11H10N4/c1-6-2-3-8-7(4-6)10-9(14-8)5-13-11(12)15-10/h2-5,14H,1H3,(H2,12,13,15). The highest BCUT2D eigenvalue weighted by atomic mass is 15.0. The highest BCUT2D eigenvalue weighted by Gasteiger charge is 2.05. The largest absolute Gasteiger partial charge is 0.368 e. The third kappa shape index (κ3) is 1.15. The van der Waals surface area contributed by atoms with E-state index < -0.39 is 0 Å². The molecule has 2 heterocycles. The fraction of sp³-hybridized carbons (Fsp3) is 0.0909. The van der Waals surface area contributed by atoms with Crippen molar-refractivity contribution in [2.24, 2.45) is 0 Å². The summed E-state index contributed by atoms with van der Waals surface area (Å²) in [6, 6.07) is 6.21. The van der Waals surface area contributed by atoms with E-state index in [4.69, 9.17) is 5.73 Å². The number of fused-ring (bicyclic) bond motifs is 3. The Morgan fingerprint density at radius 1 is 1.27 bits per heavy atom. The summed E-state index contributed by atoms with van der Waals surface area (Å²) in [4.78, 5) is 11.5. The van der Waals surface area contributed by atoms with E-state index in [-0.39, 0.29) is 0 Å². The lowest BCUT2D eigenvalue weighted by Gasteiger charge is -1.93. The van der Waals surface area contributed by atoms with Gasteiger partial charge in [-0.1, -0.05) is 11.6 Å². The van der Waals surface area contributed by atoms with Gasteiger partial charge in [-0.05, 0) is 19.1 Å². The fourth-order valence-corrected chi connectivity index (χ4v) is 1.80. The van der Waals surface area contributed by atoms with E-state index in [1.807, 2.05) is 6.07 Å². The van der Waals surface area contributed by atoms with Gasteiger partial charge in [0.25, 0.3) is 0 Å². The van der Waals surface area contributed by atoms with Gasteiger partial charge in [0, 0.05) is 10.9 Å². The van der Waals surface area contributed by atoms with Crippen LogP contribution in [0, 0.1) is 6.92 Å². The van der Waals surface area contributed by atoms with Crippen molar-refractivity contribution in [2.75, 3.05) is 5.73 Å². The molecule has 0 aliphatic heterocycles. The van der Waals surface area contributed by atoms with E-state index in [9.17, 15) is 0 Å². The third-order valence-electron chi connectivity index (χ3n) is 2.51. The summed E-state index contributed by atoms with van der Waals surface area (Å²) in [6.45, 7) is 2.06. The first-order valence-corrected chi connectivity index (χ1v) is 4.74. The minimum atomic E-state index is 0.310. The molecular formula is C11H10N4. The molecule has 4 nitrogen and oxygen atoms in total. The molecule has 0 aliphatic carbocycles. The zero-order valence-electron chi connectivity index (χ0n) is 8.28. The van der Waals surface area contributed by atoms with Crippen LogP contribution in [0.3, 0.4) is 0 Å². The van der Waals surface area contributed by atoms with E-state index in [0.29, 0.717) is 5.95 Å². The number of aryl methyl sites for hydroxylation is 1. The molecule has 2 aromatic heterocycles. The van der Waals surface area contributed by atoms with Crippen molar-refractivity contribution in [3.8, 4) is 0 Å². The van der Waals surface area contributed by atoms with Gasteiger partial charge in [0.1, 0.15) is 5.52 Å². The van der Waals surface area contributed by atoms with Crippen LogP contribution in [0.1, 0.15) is 5.56 Å². The first-order chi connectivity index (χ1) is 7.24. The summed E-state index contributed by atoms with van der Waals surface area (Å²) in [5.74, 6) is 0.310. The van der Waals surface area contributed by atoms with Crippen LogP contribution in [0.2, 0.25) is 0 Å². The van der Waals surface area contributed by atoms with Crippen LogP contribution in [0.5, 0.6) is 0 Å². The van der Waals surface area contributed by atoms with Crippen LogP contribution in [-0.2, 0) is 0 Å². The molecule has 0 unspecified atom stereocenters. The van der Waals surface area contributed by atoms with E-state index >= 15 is 0 Å². The third-order valence-corrected chi connectivity index (χ3v) is 2.51. The topological polar surface area (TPSA) is 67.6 Å². The van der Waals surface area contributed by atoms with Gasteiger partial charge in [-0.3, -0.25) is 0 Å². The van der Waals surface area contributed by atoms with E-state index in [2.05, 4.69) is 34.0 Å². The number of hydrogen-bond acceptors (Lipinski definition) is 3. The summed E-state index contributed by atoms with van der Waals surface area (Å²) >= 11 is 0. The Balaban J connectivity index is 2.55. The number of nitrogens with zero attached hydrogens (tertiary/aromatic N) is 2. The Bertz CT molecular complexity index is 598. The summed E-state index contributed by atoms with van der Waals surface area (Å²) in [7, 11) is 0. The summed E-state index contributed by atoms with van der Waals surface area (Å²) in [5, 5.41) is 1.10. The van der Waals surface area contributed by atoms with Gasteiger partial charge < -0.3 is 10.7 Å². The normalized spacial score (nSPS) is 11.3. The Morgan fingerprint density at radius 3 is 3.00 bits per heavy atom. The summed E-state index contributed by atoms with van der Waals surface area (Å²) < 4.78 is 0. The van der Waals surface area contributed by atoms with Crippen molar-refractivity contribution in [3.05, 3.63) is 30.0 Å². The lowest BCUT2D eigenvalue weighted by Crippen LogP contribution is -1.92. The number of aromatic amines is 1. The Morgan fingerprint density at radius 2 is 2.13 bits per heavy atom. The van der Waals surface area contributed by atoms with E-state index in [1.54, 1.807) is 6.20 Å². The molecule has 0 amide bonds. The highest BCUT2D eigenvalue weighted by Crippen LogP contribution is 2.24. The maximum Gasteiger partial charge on any atom is 0.220 e. The van der Waals surface area contributed by atoms with Crippen molar-refractivity contribution in [2.45, 2.75) is 6.92 Å². The molecule has 3 N–H and O–H groups in total. The molecule has 74 valence electrons. The van der Waals surface area contributed by atoms with Gasteiger partial charge in [-0.2, -0.15) is 0 Å². The SMILES string of the molecule is Cc1ccc2[nH]c3cnc(N)nc3c2c1. The molecule has 15 heavy (non-hydrogen) atoms. The lowest BCUT2D eigenvalue weighted by atomic mass is 10.2. The number of nitrogens with two attached hydrogens (primary N) is 1. The van der Waals surface area contributed by atoms with Crippen molar-refractivity contribution >= 4 is 27.9 Å². The second kappa shape index (κ2) is 2.70. The number of aromatic nitrogens is 3. The average molecular weight is 198 g/mol. The summed E-state index contributed by atoms with van der Waals surface area (Å²) in [5.41, 5.74) is 9.66. The van der Waals surface area contributed by atoms with Crippen molar-refractivity contribution in [3.63, 3.8) is 0 Å². The number of nitrogen functional groups attached to an aromatic ring is 1. The second-order valence-corrected chi connectivity index (χ2v) is 3.66. The van der Waals surface area contributed by atoms with Crippen LogP contribution in [0.4, 0.5) is 5.95 Å². The van der Waals surface area contributed by atoms with Crippen LogP contribution >= 0.6 is 0 Å². The molecule has 0 saturated heterocycles. The van der Waals surface area contributed by atoms with Crippen molar-refractivity contribution < 1.29 is 0 Å². The fourth-order valence-electron chi connectivity index (χ4n) is 1.80. The van der Waals surface area contributed by atoms with Crippen molar-refractivity contribution in [1.82, 2.24) is 15.0 Å². The summed E-state index contributed by atoms with van der Waals surface area (Å²) in [6.07, 6.45) is 1.72. The van der Waals surface area contributed by atoms with Gasteiger partial charge >= 0.3 is 0 Å². The number of rotatable bonds is 0. The number of H-pyrrole nitrogens is 1. The van der Waals surface area contributed by atoms with Crippen LogP contribution in [0.15, 0.2) is 24.4 Å². The molecule has 4 heteroatoms. The second-order valence-electron chi connectivity index (χ2n) is 3.66. The zero-order chi connectivity index (χ0) is 10.4. The molecule has 0 bridgehead atoms. The smallest absolute Gasteiger partial charge is 0.220 e. The van der Waals surface area contributed by atoms with E-state index in [1.165, 1.54) is 5.56 Å². The van der Waals surface area contributed by atoms with E-state index in [0.717, 1.165) is 21.9 Å². The number of anilines is 1. The Labute approximate surface area is 86.1 Å². The molecule has 0 spiro atoms. The van der Waals surface area contributed by atoms with Gasteiger partial charge in [-0.15, -0.1) is 0 Å². The molecule has 0 radical (unpaired) electrons. The van der Waals surface area contributed by atoms with Gasteiger partial charge in [0.05, 0.1) is 11.7 Å². The molecule has 0 atom stereocenters. The maximum absolute atomic E-state index is 5.58. The lowest BCUT2D eigenvalue weighted by molar-refractivity contribution is 1.24. The molecular weight excluding hydrogens is 188 g/mol. The Kier molecular flexibility index (Phi) is 1.48. The van der Waals surface area contributed by atoms with Gasteiger partial charge in [0.15, 0.2) is 0 Å². The molecule has 3 rings (SSSR count). The molecule has 0 fully saturated rings. The van der Waals surface area contributed by atoms with Crippen LogP contribution in [0.25, 0.3) is 21.9 Å². The first kappa shape index (κ1) is 8.23. The predicted octanol–water partition coefficient (Wildman–Crippen LogP) is 2.00. The number of nitrogens with one attached hydrogen (secondary N) is 1. The van der Waals surface area contributed by atoms with Gasteiger partial charge in [-0.25, -0.2) is 9.97 Å². The number of hydrogen-bond donors (Lipinski definition) is 2. The maximum atomic E-state index is 5.58. The Hall–Kier alpha value is -2.10. The van der Waals surface area contributed by atoms with Gasteiger partial charge in [0.2, 0.25) is 5.95 Å². The molecule has 0 aliphatic rings. The predicted molar refractivity (Wildman–Crippen MR) is 60.5 cm³/mol. The number of benzene rings is 1. The van der Waals surface area contributed by atoms with Crippen LogP contribution in [-0.4, -0.2) is 15.0 Å². The van der Waals surface area contributed by atoms with Crippen LogP contribution < -0.4 is 5.73 Å². The molecule has 3 aromatic rings. The molecule has 0 saturated carbocycles. The minimum Gasteiger partial charge on any atom is -0.368 e. The average Bonchev–Trinajstić information content (AvgIpc) is 2.56. The zero-order valence-corrected chi connectivity index (χ0v) is 8.28. The first-order valence-electron chi connectivity index (χ1n) is 4.74. The molecule has 1 aromatic carbocycles.